The number of carbonyl (C=O) groups excluding carboxylic acids is 1. The first kappa shape index (κ1) is 24.8. The molecule has 4 aliphatic rings. The van der Waals surface area contributed by atoms with Gasteiger partial charge in [0, 0.05) is 29.9 Å². The molecule has 6 rings (SSSR count). The molecule has 2 heterocycles. The van der Waals surface area contributed by atoms with Gasteiger partial charge in [0.1, 0.15) is 5.75 Å². The molecule has 1 N–H and O–H groups in total. The van der Waals surface area contributed by atoms with Gasteiger partial charge in [-0.1, -0.05) is 29.8 Å². The Hall–Kier alpha value is -2.51. The quantitative estimate of drug-likeness (QED) is 0.454. The largest absolute Gasteiger partial charge is 0.490 e. The van der Waals surface area contributed by atoms with Gasteiger partial charge >= 0.3 is 0 Å². The Morgan fingerprint density at radius 2 is 1.92 bits per heavy atom. The molecule has 2 bridgehead atoms. The van der Waals surface area contributed by atoms with E-state index in [1.54, 1.807) is 18.2 Å². The Morgan fingerprint density at radius 1 is 1.05 bits per heavy atom. The van der Waals surface area contributed by atoms with Crippen molar-refractivity contribution in [2.45, 2.75) is 61.7 Å². The summed E-state index contributed by atoms with van der Waals surface area (Å²) in [5, 5.41) is 0.755. The van der Waals surface area contributed by atoms with Crippen molar-refractivity contribution in [3.63, 3.8) is 0 Å². The second-order valence-electron chi connectivity index (χ2n) is 11.1. The van der Waals surface area contributed by atoms with Crippen LogP contribution in [0.5, 0.6) is 5.75 Å². The standard InChI is InChI=1S/C29H33ClN2O4S/c30-23-10-12-25-21(15-23)6-4-14-29(25)18-32-17-22-9-8-20(22)5-2-1-3-7-28(33)31-37(34,35)24-11-13-27(36-19-29)26(32)16-24/h1-2,10-13,15-16,20,22H,3-9,14,17-19H2,(H,31,33)/b2-1+/t20-,22+,29+/m1/s1. The lowest BCUT2D eigenvalue weighted by Crippen LogP contribution is -2.48. The predicted molar refractivity (Wildman–Crippen MR) is 145 cm³/mol. The van der Waals surface area contributed by atoms with Crippen LogP contribution in [0.4, 0.5) is 5.69 Å². The molecule has 196 valence electrons. The third-order valence-corrected chi connectivity index (χ3v) is 10.3. The maximum atomic E-state index is 13.1. The average Bonchev–Trinajstić information content (AvgIpc) is 3.00. The molecule has 1 fully saturated rings. The first-order valence-electron chi connectivity index (χ1n) is 13.3. The molecule has 0 aromatic heterocycles. The van der Waals surface area contributed by atoms with Crippen LogP contribution in [0.15, 0.2) is 53.4 Å². The summed E-state index contributed by atoms with van der Waals surface area (Å²) in [6.45, 7) is 2.14. The molecule has 0 radical (unpaired) electrons. The van der Waals surface area contributed by atoms with Crippen LogP contribution < -0.4 is 14.4 Å². The van der Waals surface area contributed by atoms with Crippen molar-refractivity contribution in [2.75, 3.05) is 24.6 Å². The van der Waals surface area contributed by atoms with Gasteiger partial charge < -0.3 is 9.64 Å². The van der Waals surface area contributed by atoms with E-state index in [1.165, 1.54) is 24.0 Å². The zero-order chi connectivity index (χ0) is 25.6. The molecule has 6 nitrogen and oxygen atoms in total. The topological polar surface area (TPSA) is 75.7 Å². The molecular weight excluding hydrogens is 508 g/mol. The molecular formula is C29H33ClN2O4S. The smallest absolute Gasteiger partial charge is 0.264 e. The van der Waals surface area contributed by atoms with Gasteiger partial charge in [-0.05, 0) is 98.2 Å². The molecule has 8 heteroatoms. The van der Waals surface area contributed by atoms with Gasteiger partial charge in [-0.2, -0.15) is 0 Å². The first-order valence-corrected chi connectivity index (χ1v) is 15.2. The number of benzene rings is 2. The Bertz CT molecular complexity index is 1360. The van der Waals surface area contributed by atoms with Gasteiger partial charge in [-0.15, -0.1) is 0 Å². The van der Waals surface area contributed by atoms with E-state index in [0.717, 1.165) is 49.5 Å². The Balaban J connectivity index is 1.44. The van der Waals surface area contributed by atoms with Crippen molar-refractivity contribution in [3.8, 4) is 5.75 Å². The number of aryl methyl sites for hydroxylation is 1. The lowest BCUT2D eigenvalue weighted by Gasteiger charge is -2.44. The molecule has 3 atom stereocenters. The van der Waals surface area contributed by atoms with E-state index < -0.39 is 15.9 Å². The van der Waals surface area contributed by atoms with Crippen LogP contribution >= 0.6 is 11.6 Å². The summed E-state index contributed by atoms with van der Waals surface area (Å²) < 4.78 is 35.0. The minimum atomic E-state index is -3.98. The molecule has 2 aliphatic carbocycles. The summed E-state index contributed by atoms with van der Waals surface area (Å²) in [7, 11) is -3.98. The van der Waals surface area contributed by atoms with Gasteiger partial charge in [0.25, 0.3) is 10.0 Å². The highest BCUT2D eigenvalue weighted by Crippen LogP contribution is 2.46. The van der Waals surface area contributed by atoms with Crippen LogP contribution in [0.1, 0.15) is 56.1 Å². The van der Waals surface area contributed by atoms with Gasteiger partial charge in [0.05, 0.1) is 17.2 Å². The summed E-state index contributed by atoms with van der Waals surface area (Å²) in [4.78, 5) is 14.8. The highest BCUT2D eigenvalue weighted by molar-refractivity contribution is 7.90. The molecule has 2 aromatic rings. The zero-order valence-corrected chi connectivity index (χ0v) is 22.5. The van der Waals surface area contributed by atoms with Crippen molar-refractivity contribution in [1.82, 2.24) is 4.72 Å². The Morgan fingerprint density at radius 3 is 2.76 bits per heavy atom. The van der Waals surface area contributed by atoms with Crippen molar-refractivity contribution in [2.24, 2.45) is 11.8 Å². The minimum absolute atomic E-state index is 0.0931. The van der Waals surface area contributed by atoms with Crippen molar-refractivity contribution in [3.05, 3.63) is 64.7 Å². The fraction of sp³-hybridized carbons (Fsp3) is 0.483. The normalized spacial score (nSPS) is 29.8. The van der Waals surface area contributed by atoms with Crippen LogP contribution in [0.2, 0.25) is 5.02 Å². The second-order valence-corrected chi connectivity index (χ2v) is 13.2. The number of rotatable bonds is 0. The fourth-order valence-corrected chi connectivity index (χ4v) is 7.82. The monoisotopic (exact) mass is 540 g/mol. The number of hydrogen-bond acceptors (Lipinski definition) is 5. The minimum Gasteiger partial charge on any atom is -0.490 e. The Labute approximate surface area is 224 Å². The first-order chi connectivity index (χ1) is 17.8. The highest BCUT2D eigenvalue weighted by Gasteiger charge is 2.43. The summed E-state index contributed by atoms with van der Waals surface area (Å²) >= 11 is 6.36. The van der Waals surface area contributed by atoms with E-state index in [-0.39, 0.29) is 16.7 Å². The maximum Gasteiger partial charge on any atom is 0.264 e. The maximum absolute atomic E-state index is 13.1. The zero-order valence-electron chi connectivity index (χ0n) is 20.9. The van der Waals surface area contributed by atoms with Crippen LogP contribution in [0.3, 0.4) is 0 Å². The van der Waals surface area contributed by atoms with Crippen LogP contribution in [0.25, 0.3) is 0 Å². The molecule has 2 aromatic carbocycles. The van der Waals surface area contributed by atoms with Gasteiger partial charge in [-0.3, -0.25) is 4.79 Å². The highest BCUT2D eigenvalue weighted by atomic mass is 35.5. The number of hydrogen-bond donors (Lipinski definition) is 1. The second kappa shape index (κ2) is 9.66. The Kier molecular flexibility index (Phi) is 6.48. The SMILES string of the molecule is O=C1CC/C=C/C[C@@H]2CC[C@H]2CN2C[C@@]3(CCCc4cc(Cl)ccc43)COc3ccc(cc32)S(=O)(=O)N1. The van der Waals surface area contributed by atoms with E-state index in [1.807, 2.05) is 12.1 Å². The number of sulfonamides is 1. The molecule has 0 unspecified atom stereocenters. The number of anilines is 1. The number of ether oxygens (including phenoxy) is 1. The molecule has 1 amide bonds. The fourth-order valence-electron chi connectivity index (χ4n) is 6.60. The van der Waals surface area contributed by atoms with E-state index in [0.29, 0.717) is 30.6 Å². The predicted octanol–water partition coefficient (Wildman–Crippen LogP) is 5.38. The molecule has 0 saturated heterocycles. The number of amides is 1. The number of carbonyl (C=O) groups is 1. The van der Waals surface area contributed by atoms with E-state index in [4.69, 9.17) is 16.3 Å². The number of fused-ring (bicyclic) bond motifs is 4. The molecule has 37 heavy (non-hydrogen) atoms. The van der Waals surface area contributed by atoms with Gasteiger partial charge in [0.2, 0.25) is 5.91 Å². The van der Waals surface area contributed by atoms with Crippen molar-refractivity contribution >= 4 is 33.2 Å². The summed E-state index contributed by atoms with van der Waals surface area (Å²) in [5.41, 5.74) is 3.17. The van der Waals surface area contributed by atoms with Crippen molar-refractivity contribution < 1.29 is 17.9 Å². The molecule has 2 aliphatic heterocycles. The van der Waals surface area contributed by atoms with Crippen LogP contribution in [-0.4, -0.2) is 34.0 Å². The third-order valence-electron chi connectivity index (χ3n) is 8.74. The molecule has 1 spiro atoms. The van der Waals surface area contributed by atoms with E-state index in [2.05, 4.69) is 27.8 Å². The van der Waals surface area contributed by atoms with Gasteiger partial charge in [-0.25, -0.2) is 13.1 Å². The summed E-state index contributed by atoms with van der Waals surface area (Å²) in [5.74, 6) is 1.35. The number of halogens is 1. The van der Waals surface area contributed by atoms with Crippen LogP contribution in [-0.2, 0) is 26.7 Å². The summed E-state index contributed by atoms with van der Waals surface area (Å²) in [6, 6.07) is 11.2. The van der Waals surface area contributed by atoms with E-state index >= 15 is 0 Å². The number of allylic oxidation sites excluding steroid dienone is 2. The molecule has 1 saturated carbocycles. The lowest BCUT2D eigenvalue weighted by atomic mass is 9.69. The van der Waals surface area contributed by atoms with E-state index in [9.17, 15) is 13.2 Å². The lowest BCUT2D eigenvalue weighted by molar-refractivity contribution is -0.119. The average molecular weight is 541 g/mol. The third kappa shape index (κ3) is 4.76. The van der Waals surface area contributed by atoms with Crippen molar-refractivity contribution in [1.29, 1.82) is 0 Å². The number of nitrogens with one attached hydrogen (secondary N) is 1. The van der Waals surface area contributed by atoms with Crippen LogP contribution in [0, 0.1) is 11.8 Å². The summed E-state index contributed by atoms with van der Waals surface area (Å²) in [6.07, 6.45) is 11.3. The van der Waals surface area contributed by atoms with Gasteiger partial charge in [0.15, 0.2) is 0 Å². The number of nitrogens with zero attached hydrogens (tertiary/aromatic N) is 1.